The average Bonchev–Trinajstić information content (AvgIpc) is 3.56. The summed E-state index contributed by atoms with van der Waals surface area (Å²) in [5.74, 6) is 0.537. The SMILES string of the molecule is C=C[C@H]1[C@@H]2C=C(Br)[C@H]3[C@@H](C[C@H](O[C@@H]4O[C@@H](C)[C@H](OC)[C@@H](OC)[C@H]4OC)[C@@H]3O[Si](C)(C)C(C)(C)C)[C@@H]2C[C@H]1C(=O)O[Si](C(C)C)(C(C)C)C(C)C. The predicted molar refractivity (Wildman–Crippen MR) is 208 cm³/mol. The van der Waals surface area contributed by atoms with Crippen LogP contribution < -0.4 is 0 Å². The van der Waals surface area contributed by atoms with E-state index in [1.54, 1.807) is 21.3 Å². The Bertz CT molecular complexity index is 1200. The van der Waals surface area contributed by atoms with E-state index in [0.29, 0.717) is 16.6 Å². The van der Waals surface area contributed by atoms with Gasteiger partial charge in [0.05, 0.1) is 24.2 Å². The van der Waals surface area contributed by atoms with Crippen LogP contribution >= 0.6 is 15.9 Å². The smallest absolute Gasteiger partial charge is 0.296 e. The van der Waals surface area contributed by atoms with Crippen LogP contribution in [-0.2, 0) is 37.3 Å². The second-order valence-electron chi connectivity index (χ2n) is 17.9. The second kappa shape index (κ2) is 16.2. The van der Waals surface area contributed by atoms with Crippen molar-refractivity contribution in [3.05, 3.63) is 23.2 Å². The number of methoxy groups -OCH3 is 3. The molecule has 0 radical (unpaired) electrons. The number of allylic oxidation sites excluding steroid dienone is 2. The van der Waals surface area contributed by atoms with Gasteiger partial charge in [0.1, 0.15) is 18.3 Å². The van der Waals surface area contributed by atoms with E-state index >= 15 is 0 Å². The Balaban J connectivity index is 1.70. The molecule has 11 heteroatoms. The normalized spacial score (nSPS) is 38.0. The standard InChI is InChI=1S/C39H69BrO8Si2/c1-17-25-27-19-30(40)32-28(26(27)18-29(25)37(41)48-50(21(2)3,22(4)5)23(6)7)20-31(34(32)47-49(15,16)39(9,10)11)46-38-36(44-14)35(43-13)33(42-12)24(8)45-38/h17,19,21-29,31-36,38H,1,18,20H2,2-16H3/t24-,25-,26+,27-,28-,29+,31-,32+,33-,34-,35+,36+,38-/m0/s1. The van der Waals surface area contributed by atoms with E-state index in [1.165, 1.54) is 0 Å². The maximum Gasteiger partial charge on any atom is 0.296 e. The molecule has 0 aromatic heterocycles. The van der Waals surface area contributed by atoms with Crippen LogP contribution in [0.15, 0.2) is 23.2 Å². The fraction of sp³-hybridized carbons (Fsp3) is 0.872. The molecular weight excluding hydrogens is 732 g/mol. The minimum Gasteiger partial charge on any atom is -0.518 e. The molecular formula is C39H69BrO8Si2. The monoisotopic (exact) mass is 800 g/mol. The quantitative estimate of drug-likeness (QED) is 0.135. The molecule has 4 aliphatic rings. The van der Waals surface area contributed by atoms with Gasteiger partial charge in [0, 0.05) is 27.2 Å². The van der Waals surface area contributed by atoms with Gasteiger partial charge in [0.15, 0.2) is 14.6 Å². The van der Waals surface area contributed by atoms with Gasteiger partial charge in [-0.25, -0.2) is 0 Å². The molecule has 0 N–H and O–H groups in total. The van der Waals surface area contributed by atoms with E-state index in [2.05, 4.69) is 104 Å². The highest BCUT2D eigenvalue weighted by Gasteiger charge is 2.61. The van der Waals surface area contributed by atoms with Crippen LogP contribution in [0.5, 0.6) is 0 Å². The molecule has 2 saturated carbocycles. The van der Waals surface area contributed by atoms with E-state index < -0.39 is 29.0 Å². The Hall–Kier alpha value is -0.376. The summed E-state index contributed by atoms with van der Waals surface area (Å²) in [4.78, 5) is 14.4. The van der Waals surface area contributed by atoms with E-state index in [4.69, 9.17) is 32.5 Å². The lowest BCUT2D eigenvalue weighted by Gasteiger charge is -2.46. The molecule has 0 amide bonds. The van der Waals surface area contributed by atoms with Gasteiger partial charge in [-0.3, -0.25) is 4.79 Å². The van der Waals surface area contributed by atoms with Gasteiger partial charge in [-0.05, 0) is 82.7 Å². The van der Waals surface area contributed by atoms with Gasteiger partial charge in [-0.2, -0.15) is 0 Å². The van der Waals surface area contributed by atoms with E-state index in [1.807, 2.05) is 13.0 Å². The third-order valence-electron chi connectivity index (χ3n) is 13.5. The van der Waals surface area contributed by atoms with Gasteiger partial charge in [-0.1, -0.05) is 90.4 Å². The number of fused-ring (bicyclic) bond motifs is 3. The molecule has 13 atom stereocenters. The van der Waals surface area contributed by atoms with Gasteiger partial charge < -0.3 is 32.5 Å². The predicted octanol–water partition coefficient (Wildman–Crippen LogP) is 9.25. The lowest BCUT2D eigenvalue weighted by Crippen LogP contribution is -2.60. The summed E-state index contributed by atoms with van der Waals surface area (Å²) in [5, 5.41) is 0.0105. The average molecular weight is 802 g/mol. The highest BCUT2D eigenvalue weighted by molar-refractivity contribution is 9.11. The van der Waals surface area contributed by atoms with E-state index in [0.717, 1.165) is 17.3 Å². The third kappa shape index (κ3) is 7.61. The molecule has 0 spiro atoms. The molecule has 4 rings (SSSR count). The lowest BCUT2D eigenvalue weighted by molar-refractivity contribution is -0.318. The molecule has 0 unspecified atom stereocenters. The lowest BCUT2D eigenvalue weighted by atomic mass is 9.71. The van der Waals surface area contributed by atoms with Crippen molar-refractivity contribution in [1.82, 2.24) is 0 Å². The van der Waals surface area contributed by atoms with Crippen molar-refractivity contribution < 1.29 is 37.3 Å². The first kappa shape index (κ1) is 42.4. The van der Waals surface area contributed by atoms with Gasteiger partial charge >= 0.3 is 0 Å². The summed E-state index contributed by atoms with van der Waals surface area (Å²) in [6.45, 7) is 31.1. The van der Waals surface area contributed by atoms with Crippen LogP contribution in [0.3, 0.4) is 0 Å². The molecule has 8 nitrogen and oxygen atoms in total. The van der Waals surface area contributed by atoms with Crippen molar-refractivity contribution in [2.75, 3.05) is 21.3 Å². The number of hydrogen-bond donors (Lipinski definition) is 0. The second-order valence-corrected chi connectivity index (χ2v) is 29.0. The summed E-state index contributed by atoms with van der Waals surface area (Å²) < 4.78 is 46.5. The first-order valence-corrected chi connectivity index (χ1v) is 24.9. The van der Waals surface area contributed by atoms with E-state index in [9.17, 15) is 4.79 Å². The fourth-order valence-corrected chi connectivity index (χ4v) is 17.5. The van der Waals surface area contributed by atoms with Crippen molar-refractivity contribution in [3.8, 4) is 0 Å². The highest BCUT2D eigenvalue weighted by atomic mass is 79.9. The van der Waals surface area contributed by atoms with Crippen molar-refractivity contribution in [3.63, 3.8) is 0 Å². The van der Waals surface area contributed by atoms with Crippen molar-refractivity contribution in [1.29, 1.82) is 0 Å². The van der Waals surface area contributed by atoms with Crippen LogP contribution in [0.4, 0.5) is 0 Å². The first-order valence-electron chi connectivity index (χ1n) is 19.0. The van der Waals surface area contributed by atoms with Crippen molar-refractivity contribution >= 4 is 38.5 Å². The topological polar surface area (TPSA) is 81.7 Å². The number of carbonyl (C=O) groups excluding carboxylic acids is 1. The maximum absolute atomic E-state index is 14.4. The minimum absolute atomic E-state index is 0.00718. The molecule has 1 heterocycles. The largest absolute Gasteiger partial charge is 0.518 e. The number of rotatable bonds is 13. The summed E-state index contributed by atoms with van der Waals surface area (Å²) >= 11 is 4.08. The maximum atomic E-state index is 14.4. The van der Waals surface area contributed by atoms with Crippen molar-refractivity contribution in [2.45, 2.75) is 160 Å². The number of carbonyl (C=O) groups is 1. The summed E-state index contributed by atoms with van der Waals surface area (Å²) in [5.41, 5.74) is 0.984. The Kier molecular flexibility index (Phi) is 13.7. The summed E-state index contributed by atoms with van der Waals surface area (Å²) in [6, 6.07) is 0. The molecule has 1 aliphatic heterocycles. The molecule has 288 valence electrons. The molecule has 50 heavy (non-hydrogen) atoms. The van der Waals surface area contributed by atoms with Gasteiger partial charge in [-0.15, -0.1) is 6.58 Å². The van der Waals surface area contributed by atoms with Crippen LogP contribution in [0.25, 0.3) is 0 Å². The Morgan fingerprint density at radius 3 is 1.96 bits per heavy atom. The third-order valence-corrected chi connectivity index (χ3v) is 24.7. The number of halogens is 1. The molecule has 0 bridgehead atoms. The van der Waals surface area contributed by atoms with Gasteiger partial charge in [0.25, 0.3) is 14.3 Å². The summed E-state index contributed by atoms with van der Waals surface area (Å²) in [6.07, 6.45) is 3.47. The van der Waals surface area contributed by atoms with Crippen LogP contribution in [0, 0.1) is 35.5 Å². The summed E-state index contributed by atoms with van der Waals surface area (Å²) in [7, 11) is 0.388. The Labute approximate surface area is 314 Å². The van der Waals surface area contributed by atoms with Gasteiger partial charge in [0.2, 0.25) is 0 Å². The molecule has 0 aromatic rings. The zero-order chi connectivity index (χ0) is 37.7. The number of hydrogen-bond acceptors (Lipinski definition) is 8. The van der Waals surface area contributed by atoms with Crippen molar-refractivity contribution in [2.24, 2.45) is 35.5 Å². The van der Waals surface area contributed by atoms with Crippen LogP contribution in [0.2, 0.25) is 34.8 Å². The van der Waals surface area contributed by atoms with Crippen LogP contribution in [-0.4, -0.2) is 86.8 Å². The number of ether oxygens (including phenoxy) is 5. The van der Waals surface area contributed by atoms with E-state index in [-0.39, 0.29) is 77.0 Å². The fourth-order valence-electron chi connectivity index (χ4n) is 10.1. The molecule has 3 fully saturated rings. The molecule has 1 saturated heterocycles. The van der Waals surface area contributed by atoms with Crippen LogP contribution in [0.1, 0.15) is 82.1 Å². The molecule has 3 aliphatic carbocycles. The molecule has 0 aromatic carbocycles. The Morgan fingerprint density at radius 2 is 1.48 bits per heavy atom. The Morgan fingerprint density at radius 1 is 0.920 bits per heavy atom. The first-order chi connectivity index (χ1) is 23.2. The minimum atomic E-state index is -2.40. The highest BCUT2D eigenvalue weighted by Crippen LogP contribution is 2.60. The zero-order valence-electron chi connectivity index (χ0n) is 33.7. The zero-order valence-corrected chi connectivity index (χ0v) is 37.2.